The van der Waals surface area contributed by atoms with Crippen LogP contribution < -0.4 is 20.9 Å². The minimum absolute atomic E-state index is 0.0254. The molecule has 3 aliphatic heterocycles. The zero-order chi connectivity index (χ0) is 35.3. The van der Waals surface area contributed by atoms with Crippen LogP contribution in [0.15, 0.2) is 60.9 Å². The highest BCUT2D eigenvalue weighted by Crippen LogP contribution is 2.49. The third-order valence-corrected chi connectivity index (χ3v) is 11.1. The van der Waals surface area contributed by atoms with Gasteiger partial charge in [0.2, 0.25) is 11.8 Å². The van der Waals surface area contributed by atoms with Crippen LogP contribution in [0.25, 0.3) is 16.9 Å². The first-order chi connectivity index (χ1) is 24.7. The number of nitrogens with two attached hydrogens (primary N) is 1. The molecule has 1 atom stereocenters. The van der Waals surface area contributed by atoms with Crippen molar-refractivity contribution in [2.45, 2.75) is 68.9 Å². The molecule has 2 amide bonds. The molecule has 4 aliphatic rings. The molecule has 4 aromatic rings. The molecule has 3 fully saturated rings. The maximum Gasteiger partial charge on any atom is 0.277 e. The zero-order valence-corrected chi connectivity index (χ0v) is 28.2. The quantitative estimate of drug-likeness (QED) is 0.245. The van der Waals surface area contributed by atoms with Gasteiger partial charge in [0, 0.05) is 68.4 Å². The molecule has 5 heterocycles. The fourth-order valence-corrected chi connectivity index (χ4v) is 8.45. The number of benzene rings is 2. The maximum absolute atomic E-state index is 15.7. The smallest absolute Gasteiger partial charge is 0.277 e. The molecule has 0 unspecified atom stereocenters. The van der Waals surface area contributed by atoms with Crippen LogP contribution in [0, 0.1) is 0 Å². The highest BCUT2D eigenvalue weighted by atomic mass is 19.3. The predicted octanol–water partition coefficient (Wildman–Crippen LogP) is 4.57. The van der Waals surface area contributed by atoms with Gasteiger partial charge in [0.15, 0.2) is 5.82 Å². The topological polar surface area (TPSA) is 146 Å². The van der Waals surface area contributed by atoms with Crippen LogP contribution in [0.4, 0.5) is 26.0 Å². The number of aromatic hydroxyl groups is 1. The average molecular weight is 698 g/mol. The Labute approximate surface area is 294 Å². The number of imide groups is 1. The van der Waals surface area contributed by atoms with E-state index in [2.05, 4.69) is 30.4 Å². The number of piperazine rings is 1. The molecule has 0 spiro atoms. The number of anilines is 3. The number of aromatic nitrogens is 4. The molecule has 14 heteroatoms. The summed E-state index contributed by atoms with van der Waals surface area (Å²) in [6.45, 7) is 3.50. The second-order valence-corrected chi connectivity index (χ2v) is 14.0. The lowest BCUT2D eigenvalue weighted by molar-refractivity contribution is -0.134. The van der Waals surface area contributed by atoms with E-state index in [1.165, 1.54) is 0 Å². The number of hydrogen-bond acceptors (Lipinski definition) is 10. The van der Waals surface area contributed by atoms with Gasteiger partial charge in [-0.05, 0) is 67.9 Å². The van der Waals surface area contributed by atoms with Crippen molar-refractivity contribution in [3.8, 4) is 22.7 Å². The van der Waals surface area contributed by atoms with Crippen molar-refractivity contribution in [3.63, 3.8) is 0 Å². The molecule has 2 aromatic heterocycles. The molecule has 1 aliphatic carbocycles. The molecule has 51 heavy (non-hydrogen) atoms. The van der Waals surface area contributed by atoms with Crippen LogP contribution in [0.1, 0.15) is 62.0 Å². The number of nitrogen functional groups attached to an aromatic ring is 1. The number of para-hydroxylation sites is 1. The molecule has 2 saturated heterocycles. The summed E-state index contributed by atoms with van der Waals surface area (Å²) in [5.74, 6) is -3.33. The van der Waals surface area contributed by atoms with E-state index in [9.17, 15) is 14.7 Å². The number of rotatable bonds is 6. The molecular formula is C37H41F2N9O3. The van der Waals surface area contributed by atoms with Gasteiger partial charge in [-0.25, -0.2) is 13.5 Å². The minimum Gasteiger partial charge on any atom is -0.507 e. The first-order valence-corrected chi connectivity index (χ1v) is 17.7. The van der Waals surface area contributed by atoms with E-state index in [-0.39, 0.29) is 48.3 Å². The Bertz CT molecular complexity index is 1950. The summed E-state index contributed by atoms with van der Waals surface area (Å²) in [7, 11) is 0. The molecule has 0 bridgehead atoms. The normalized spacial score (nSPS) is 23.9. The van der Waals surface area contributed by atoms with Gasteiger partial charge in [0.05, 0.1) is 23.8 Å². The lowest BCUT2D eigenvalue weighted by Crippen LogP contribution is -2.55. The molecule has 2 aromatic carbocycles. The number of carbonyl (C=O) groups is 2. The number of phenols is 1. The SMILES string of the molecule is Nc1nnc(-c2ccccc2O)cc1-n1cc(N2CCN([C@H]3CC[C@H](c4cccc5c4C(F)(F)CCN5[C@@H]4CCC(=O)NC4=O)CC3)CC2)cn1. The second kappa shape index (κ2) is 13.2. The van der Waals surface area contributed by atoms with E-state index >= 15 is 8.78 Å². The first kappa shape index (κ1) is 33.1. The molecular weight excluding hydrogens is 656 g/mol. The lowest BCUT2D eigenvalue weighted by atomic mass is 9.77. The van der Waals surface area contributed by atoms with Crippen molar-refractivity contribution in [1.29, 1.82) is 0 Å². The number of piperidine rings is 1. The third-order valence-electron chi connectivity index (χ3n) is 11.1. The van der Waals surface area contributed by atoms with Gasteiger partial charge in [-0.2, -0.15) is 5.10 Å². The minimum atomic E-state index is -2.98. The zero-order valence-electron chi connectivity index (χ0n) is 28.2. The van der Waals surface area contributed by atoms with Gasteiger partial charge in [0.25, 0.3) is 5.92 Å². The van der Waals surface area contributed by atoms with Crippen molar-refractivity contribution >= 4 is 29.0 Å². The summed E-state index contributed by atoms with van der Waals surface area (Å²) in [5.41, 5.74) is 9.98. The summed E-state index contributed by atoms with van der Waals surface area (Å²) in [4.78, 5) is 31.1. The maximum atomic E-state index is 15.7. The van der Waals surface area contributed by atoms with Gasteiger partial charge in [0.1, 0.15) is 17.5 Å². The van der Waals surface area contributed by atoms with E-state index < -0.39 is 17.9 Å². The van der Waals surface area contributed by atoms with Crippen molar-refractivity contribution in [1.82, 2.24) is 30.2 Å². The molecule has 4 N–H and O–H groups in total. The van der Waals surface area contributed by atoms with E-state index in [1.807, 2.05) is 30.6 Å². The number of fused-ring (bicyclic) bond motifs is 1. The Morgan fingerprint density at radius 1 is 0.902 bits per heavy atom. The van der Waals surface area contributed by atoms with Crippen molar-refractivity contribution in [2.75, 3.05) is 48.3 Å². The van der Waals surface area contributed by atoms with E-state index in [0.29, 0.717) is 40.7 Å². The third kappa shape index (κ3) is 6.26. The Morgan fingerprint density at radius 2 is 1.69 bits per heavy atom. The van der Waals surface area contributed by atoms with Crippen LogP contribution >= 0.6 is 0 Å². The molecule has 1 saturated carbocycles. The monoisotopic (exact) mass is 697 g/mol. The summed E-state index contributed by atoms with van der Waals surface area (Å²) in [6.07, 6.45) is 7.46. The van der Waals surface area contributed by atoms with Crippen LogP contribution in [0.3, 0.4) is 0 Å². The molecule has 266 valence electrons. The van der Waals surface area contributed by atoms with E-state index in [0.717, 1.165) is 57.5 Å². The predicted molar refractivity (Wildman–Crippen MR) is 188 cm³/mol. The second-order valence-electron chi connectivity index (χ2n) is 14.0. The highest BCUT2D eigenvalue weighted by molar-refractivity contribution is 6.01. The Balaban J connectivity index is 0.907. The summed E-state index contributed by atoms with van der Waals surface area (Å²) in [5, 5.41) is 25.5. The van der Waals surface area contributed by atoms with Gasteiger partial charge >= 0.3 is 0 Å². The summed E-state index contributed by atoms with van der Waals surface area (Å²) < 4.78 is 33.0. The number of halogens is 2. The van der Waals surface area contributed by atoms with Gasteiger partial charge < -0.3 is 20.6 Å². The number of amides is 2. The van der Waals surface area contributed by atoms with Crippen molar-refractivity contribution in [3.05, 3.63) is 72.1 Å². The van der Waals surface area contributed by atoms with Crippen molar-refractivity contribution < 1.29 is 23.5 Å². The first-order valence-electron chi connectivity index (χ1n) is 17.7. The number of phenolic OH excluding ortho intramolecular Hbond substituents is 1. The largest absolute Gasteiger partial charge is 0.507 e. The van der Waals surface area contributed by atoms with Crippen LogP contribution in [0.2, 0.25) is 0 Å². The summed E-state index contributed by atoms with van der Waals surface area (Å²) >= 11 is 0. The fraction of sp³-hybridized carbons (Fsp3) is 0.432. The highest BCUT2D eigenvalue weighted by Gasteiger charge is 2.46. The standard InChI is InChI=1S/C37H41F2N9O3/c38-37(39)14-15-47(30-12-13-33(50)42-36(30)51)29-6-3-5-26(34(29)37)23-8-10-24(11-9-23)45-16-18-46(19-17-45)25-21-41-48(22-25)31-20-28(43-44-35(31)40)27-4-1-2-7-32(27)49/h1-7,20-24,30,49H,8-19H2,(H2,40,44)(H,42,50,51)/t23-,24-,30-/m1/s1. The molecule has 8 rings (SSSR count). The number of carbonyl (C=O) groups excluding carboxylic acids is 2. The van der Waals surface area contributed by atoms with E-state index in [4.69, 9.17) is 5.73 Å². The average Bonchev–Trinajstić information content (AvgIpc) is 3.63. The Morgan fingerprint density at radius 3 is 2.45 bits per heavy atom. The summed E-state index contributed by atoms with van der Waals surface area (Å²) in [6, 6.07) is 13.9. The van der Waals surface area contributed by atoms with Crippen LogP contribution in [0.5, 0.6) is 5.75 Å². The van der Waals surface area contributed by atoms with E-state index in [1.54, 1.807) is 39.9 Å². The van der Waals surface area contributed by atoms with Gasteiger partial charge in [-0.15, -0.1) is 10.2 Å². The number of nitrogens with zero attached hydrogens (tertiary/aromatic N) is 7. The van der Waals surface area contributed by atoms with Crippen LogP contribution in [-0.4, -0.2) is 86.6 Å². The Kier molecular flexibility index (Phi) is 8.57. The van der Waals surface area contributed by atoms with Gasteiger partial charge in [-0.1, -0.05) is 24.3 Å². The van der Waals surface area contributed by atoms with Gasteiger partial charge in [-0.3, -0.25) is 19.8 Å². The fourth-order valence-electron chi connectivity index (χ4n) is 8.45. The molecule has 0 radical (unpaired) electrons. The van der Waals surface area contributed by atoms with Crippen LogP contribution in [-0.2, 0) is 15.5 Å². The number of nitrogens with one attached hydrogen (secondary N) is 1. The number of hydrogen-bond donors (Lipinski definition) is 3. The Hall–Kier alpha value is -5.11. The van der Waals surface area contributed by atoms with Crippen molar-refractivity contribution in [2.24, 2.45) is 0 Å². The molecule has 12 nitrogen and oxygen atoms in total. The lowest BCUT2D eigenvalue weighted by Gasteiger charge is -2.44. The number of alkyl halides is 2.